The van der Waals surface area contributed by atoms with Crippen LogP contribution in [0, 0.1) is 11.8 Å². The van der Waals surface area contributed by atoms with E-state index in [9.17, 15) is 8.78 Å². The van der Waals surface area contributed by atoms with Crippen LogP contribution >= 0.6 is 11.6 Å². The number of halogens is 3. The molecule has 0 aliphatic heterocycles. The predicted molar refractivity (Wildman–Crippen MR) is 73.0 cm³/mol. The fourth-order valence-electron chi connectivity index (χ4n) is 1.69. The molecule has 0 spiro atoms. The van der Waals surface area contributed by atoms with Gasteiger partial charge in [-0.2, -0.15) is 0 Å². The quantitative estimate of drug-likeness (QED) is 0.608. The predicted octanol–water partition coefficient (Wildman–Crippen LogP) is 4.07. The van der Waals surface area contributed by atoms with Crippen LogP contribution in [0.3, 0.4) is 0 Å². The summed E-state index contributed by atoms with van der Waals surface area (Å²) in [6.07, 6.45) is -2.47. The summed E-state index contributed by atoms with van der Waals surface area (Å²) in [5, 5.41) is 1.90. The highest BCUT2D eigenvalue weighted by Crippen LogP contribution is 2.22. The van der Waals surface area contributed by atoms with Crippen molar-refractivity contribution in [2.75, 3.05) is 12.5 Å². The number of alkyl halides is 3. The Labute approximate surface area is 115 Å². The molecule has 0 N–H and O–H groups in total. The third-order valence-corrected chi connectivity index (χ3v) is 2.62. The zero-order valence-electron chi connectivity index (χ0n) is 10.00. The van der Waals surface area contributed by atoms with E-state index >= 15 is 0 Å². The van der Waals surface area contributed by atoms with Crippen LogP contribution in [-0.2, 0) is 0 Å². The normalized spacial score (nSPS) is 10.3. The summed E-state index contributed by atoms with van der Waals surface area (Å²) < 4.78 is 29.1. The van der Waals surface area contributed by atoms with Gasteiger partial charge in [0, 0.05) is 5.56 Å². The van der Waals surface area contributed by atoms with E-state index < -0.39 is 13.0 Å². The van der Waals surface area contributed by atoms with E-state index in [4.69, 9.17) is 16.3 Å². The molecule has 0 unspecified atom stereocenters. The number of ether oxygens (including phenoxy) is 1. The van der Waals surface area contributed by atoms with Gasteiger partial charge in [-0.15, -0.1) is 11.6 Å². The van der Waals surface area contributed by atoms with Crippen molar-refractivity contribution in [2.45, 2.75) is 6.43 Å². The Morgan fingerprint density at radius 1 is 1.11 bits per heavy atom. The summed E-state index contributed by atoms with van der Waals surface area (Å²) >= 11 is 5.50. The van der Waals surface area contributed by atoms with Crippen LogP contribution in [0.1, 0.15) is 5.56 Å². The molecule has 2 aromatic carbocycles. The molecule has 0 saturated carbocycles. The molecule has 0 aliphatic rings. The Morgan fingerprint density at radius 3 is 2.58 bits per heavy atom. The van der Waals surface area contributed by atoms with Gasteiger partial charge in [-0.1, -0.05) is 24.0 Å². The van der Waals surface area contributed by atoms with Crippen LogP contribution in [0.5, 0.6) is 5.75 Å². The Kier molecular flexibility index (Phi) is 4.59. The molecule has 0 aromatic heterocycles. The molecular weight excluding hydrogens is 270 g/mol. The van der Waals surface area contributed by atoms with Gasteiger partial charge in [0.15, 0.2) is 0 Å². The molecule has 1 nitrogen and oxygen atoms in total. The fourth-order valence-corrected chi connectivity index (χ4v) is 1.75. The number of fused-ring (bicyclic) bond motifs is 1. The van der Waals surface area contributed by atoms with Crippen LogP contribution < -0.4 is 4.74 Å². The van der Waals surface area contributed by atoms with Gasteiger partial charge in [0.2, 0.25) is 0 Å². The monoisotopic (exact) mass is 280 g/mol. The molecule has 98 valence electrons. The van der Waals surface area contributed by atoms with E-state index in [1.165, 1.54) is 0 Å². The second kappa shape index (κ2) is 6.40. The maximum atomic E-state index is 12.1. The molecule has 2 rings (SSSR count). The van der Waals surface area contributed by atoms with Crippen LogP contribution in [0.15, 0.2) is 36.4 Å². The number of benzene rings is 2. The minimum absolute atomic E-state index is 0.290. The molecule has 4 heteroatoms. The molecule has 0 fully saturated rings. The van der Waals surface area contributed by atoms with Crippen molar-refractivity contribution in [1.29, 1.82) is 0 Å². The van der Waals surface area contributed by atoms with Crippen LogP contribution in [0.4, 0.5) is 8.78 Å². The molecule has 0 saturated heterocycles. The molecule has 0 aliphatic carbocycles. The summed E-state index contributed by atoms with van der Waals surface area (Å²) in [6, 6.07) is 10.9. The first-order chi connectivity index (χ1) is 9.19. The van der Waals surface area contributed by atoms with Gasteiger partial charge >= 0.3 is 0 Å². The molecule has 0 bridgehead atoms. The lowest BCUT2D eigenvalue weighted by Gasteiger charge is -2.06. The maximum Gasteiger partial charge on any atom is 0.272 e. The highest BCUT2D eigenvalue weighted by Gasteiger charge is 2.04. The maximum absolute atomic E-state index is 12.1. The first-order valence-corrected chi connectivity index (χ1v) is 6.22. The van der Waals surface area contributed by atoms with Crippen molar-refractivity contribution in [2.24, 2.45) is 0 Å². The molecular formula is C15H11ClF2O. The topological polar surface area (TPSA) is 9.23 Å². The summed E-state index contributed by atoms with van der Waals surface area (Å²) in [6.45, 7) is -0.592. The van der Waals surface area contributed by atoms with E-state index in [0.29, 0.717) is 11.6 Å². The van der Waals surface area contributed by atoms with E-state index in [1.54, 1.807) is 12.1 Å². The van der Waals surface area contributed by atoms with Gasteiger partial charge in [0.05, 0.1) is 5.88 Å². The zero-order valence-corrected chi connectivity index (χ0v) is 10.8. The first-order valence-electron chi connectivity index (χ1n) is 5.68. The third-order valence-electron chi connectivity index (χ3n) is 2.49. The van der Waals surface area contributed by atoms with Crippen LogP contribution in [0.25, 0.3) is 10.8 Å². The third kappa shape index (κ3) is 3.84. The highest BCUT2D eigenvalue weighted by molar-refractivity contribution is 6.19. The molecule has 0 atom stereocenters. The lowest BCUT2D eigenvalue weighted by Crippen LogP contribution is -2.06. The van der Waals surface area contributed by atoms with E-state index in [2.05, 4.69) is 11.8 Å². The molecule has 0 heterocycles. The number of hydrogen-bond donors (Lipinski definition) is 0. The van der Waals surface area contributed by atoms with Crippen molar-refractivity contribution in [3.63, 3.8) is 0 Å². The van der Waals surface area contributed by atoms with Gasteiger partial charge in [-0.05, 0) is 35.0 Å². The molecule has 19 heavy (non-hydrogen) atoms. The van der Waals surface area contributed by atoms with E-state index in [1.807, 2.05) is 24.3 Å². The van der Waals surface area contributed by atoms with Crippen molar-refractivity contribution >= 4 is 22.4 Å². The average Bonchev–Trinajstić information content (AvgIpc) is 2.42. The lowest BCUT2D eigenvalue weighted by atomic mass is 10.1. The summed E-state index contributed by atoms with van der Waals surface area (Å²) in [5.41, 5.74) is 0.870. The zero-order chi connectivity index (χ0) is 13.7. The molecule has 0 amide bonds. The van der Waals surface area contributed by atoms with Crippen molar-refractivity contribution in [1.82, 2.24) is 0 Å². The van der Waals surface area contributed by atoms with Crippen molar-refractivity contribution in [3.8, 4) is 17.6 Å². The van der Waals surface area contributed by atoms with Crippen molar-refractivity contribution < 1.29 is 13.5 Å². The summed E-state index contributed by atoms with van der Waals surface area (Å²) in [7, 11) is 0. The molecule has 2 aromatic rings. The Hall–Kier alpha value is -1.79. The van der Waals surface area contributed by atoms with Crippen molar-refractivity contribution in [3.05, 3.63) is 42.0 Å². The minimum atomic E-state index is -2.47. The van der Waals surface area contributed by atoms with Gasteiger partial charge < -0.3 is 4.74 Å². The summed E-state index contributed by atoms with van der Waals surface area (Å²) in [5.74, 6) is 6.44. The molecule has 0 radical (unpaired) electrons. The number of hydrogen-bond acceptors (Lipinski definition) is 1. The van der Waals surface area contributed by atoms with Gasteiger partial charge in [-0.25, -0.2) is 8.78 Å². The largest absolute Gasteiger partial charge is 0.488 e. The smallest absolute Gasteiger partial charge is 0.272 e. The van der Waals surface area contributed by atoms with Gasteiger partial charge in [0.1, 0.15) is 12.4 Å². The SMILES string of the molecule is FC(F)COc1ccc2cc(C#CCCl)ccc2c1. The second-order valence-electron chi connectivity index (χ2n) is 3.86. The second-order valence-corrected chi connectivity index (χ2v) is 4.13. The summed E-state index contributed by atoms with van der Waals surface area (Å²) in [4.78, 5) is 0. The van der Waals surface area contributed by atoms with Crippen LogP contribution in [-0.4, -0.2) is 18.9 Å². The van der Waals surface area contributed by atoms with Gasteiger partial charge in [-0.3, -0.25) is 0 Å². The standard InChI is InChI=1S/C15H11ClF2O/c16-7-1-2-11-3-4-13-9-14(19-10-15(17)18)6-5-12(13)8-11/h3-6,8-9,15H,7,10H2. The van der Waals surface area contributed by atoms with Gasteiger partial charge in [0.25, 0.3) is 6.43 Å². The lowest BCUT2D eigenvalue weighted by molar-refractivity contribution is 0.0820. The van der Waals surface area contributed by atoms with E-state index in [-0.39, 0.29) is 0 Å². The number of rotatable bonds is 3. The average molecular weight is 281 g/mol. The van der Waals surface area contributed by atoms with E-state index in [0.717, 1.165) is 16.3 Å². The minimum Gasteiger partial charge on any atom is -0.488 e. The fraction of sp³-hybridized carbons (Fsp3) is 0.200. The highest BCUT2D eigenvalue weighted by atomic mass is 35.5. The Morgan fingerprint density at radius 2 is 1.84 bits per heavy atom. The first kappa shape index (κ1) is 13.6. The Bertz CT molecular complexity index is 629. The Balaban J connectivity index is 2.25. The van der Waals surface area contributed by atoms with Crippen LogP contribution in [0.2, 0.25) is 0 Å².